The number of halogens is 3. The number of nitrogens with one attached hydrogen (secondary N) is 1. The van der Waals surface area contributed by atoms with E-state index in [-0.39, 0.29) is 0 Å². The standard InChI is InChI=1S/C21H18Cl3NO/c1-14-6-2-5-9-20(14)25-12-16-10-17(22)11-19(24)21(16)26-13-15-7-3-4-8-18(15)23/h2-11,25H,12-13H2,1H3. The summed E-state index contributed by atoms with van der Waals surface area (Å²) in [5.41, 5.74) is 4.01. The molecule has 3 rings (SSSR count). The van der Waals surface area contributed by atoms with Crippen molar-refractivity contribution in [3.63, 3.8) is 0 Å². The van der Waals surface area contributed by atoms with E-state index >= 15 is 0 Å². The zero-order chi connectivity index (χ0) is 18.5. The molecule has 0 aliphatic carbocycles. The number of rotatable bonds is 6. The number of para-hydroxylation sites is 1. The van der Waals surface area contributed by atoms with Gasteiger partial charge in [-0.1, -0.05) is 71.2 Å². The van der Waals surface area contributed by atoms with Crippen LogP contribution in [0.25, 0.3) is 0 Å². The zero-order valence-corrected chi connectivity index (χ0v) is 16.5. The second-order valence-electron chi connectivity index (χ2n) is 5.92. The Labute approximate surface area is 168 Å². The molecular weight excluding hydrogens is 389 g/mol. The maximum Gasteiger partial charge on any atom is 0.143 e. The molecular formula is C21H18Cl3NO. The molecule has 0 aliphatic rings. The molecule has 3 aromatic rings. The molecule has 0 unspecified atom stereocenters. The lowest BCUT2D eigenvalue weighted by atomic mass is 10.1. The Hall–Kier alpha value is -1.87. The van der Waals surface area contributed by atoms with E-state index in [0.29, 0.717) is 34.0 Å². The Morgan fingerprint density at radius 2 is 1.58 bits per heavy atom. The Kier molecular flexibility index (Phi) is 6.31. The Balaban J connectivity index is 1.81. The summed E-state index contributed by atoms with van der Waals surface area (Å²) in [6, 6.07) is 19.2. The van der Waals surface area contributed by atoms with Crippen molar-refractivity contribution in [2.45, 2.75) is 20.1 Å². The van der Waals surface area contributed by atoms with Crippen LogP contribution in [0, 0.1) is 6.92 Å². The van der Waals surface area contributed by atoms with Gasteiger partial charge in [0.2, 0.25) is 0 Å². The topological polar surface area (TPSA) is 21.3 Å². The Morgan fingerprint density at radius 1 is 0.846 bits per heavy atom. The summed E-state index contributed by atoms with van der Waals surface area (Å²) in [7, 11) is 0. The van der Waals surface area contributed by atoms with Gasteiger partial charge in [-0.15, -0.1) is 0 Å². The molecule has 0 aromatic heterocycles. The molecule has 0 saturated carbocycles. The fourth-order valence-corrected chi connectivity index (χ4v) is 3.41. The molecule has 0 heterocycles. The molecule has 0 spiro atoms. The van der Waals surface area contributed by atoms with E-state index in [1.807, 2.05) is 48.5 Å². The number of ether oxygens (including phenoxy) is 1. The van der Waals surface area contributed by atoms with Crippen LogP contribution in [0.2, 0.25) is 15.1 Å². The van der Waals surface area contributed by atoms with Gasteiger partial charge in [0.25, 0.3) is 0 Å². The van der Waals surface area contributed by atoms with Crippen LogP contribution in [0.3, 0.4) is 0 Å². The van der Waals surface area contributed by atoms with E-state index in [1.165, 1.54) is 5.56 Å². The summed E-state index contributed by atoms with van der Waals surface area (Å²) in [5.74, 6) is 0.608. The SMILES string of the molecule is Cc1ccccc1NCc1cc(Cl)cc(Cl)c1OCc1ccccc1Cl. The summed E-state index contributed by atoms with van der Waals surface area (Å²) < 4.78 is 5.99. The molecule has 26 heavy (non-hydrogen) atoms. The lowest BCUT2D eigenvalue weighted by Gasteiger charge is -2.16. The minimum absolute atomic E-state index is 0.332. The van der Waals surface area contributed by atoms with E-state index in [9.17, 15) is 0 Å². The smallest absolute Gasteiger partial charge is 0.143 e. The molecule has 2 nitrogen and oxygen atoms in total. The van der Waals surface area contributed by atoms with Crippen molar-refractivity contribution in [1.82, 2.24) is 0 Å². The number of benzene rings is 3. The largest absolute Gasteiger partial charge is 0.487 e. The monoisotopic (exact) mass is 405 g/mol. The number of hydrogen-bond donors (Lipinski definition) is 1. The minimum Gasteiger partial charge on any atom is -0.487 e. The third kappa shape index (κ3) is 4.64. The van der Waals surface area contributed by atoms with Crippen molar-refractivity contribution in [2.75, 3.05) is 5.32 Å². The van der Waals surface area contributed by atoms with Crippen LogP contribution in [0.15, 0.2) is 60.7 Å². The van der Waals surface area contributed by atoms with Crippen LogP contribution in [0.5, 0.6) is 5.75 Å². The summed E-state index contributed by atoms with van der Waals surface area (Å²) in [6.07, 6.45) is 0. The molecule has 0 radical (unpaired) electrons. The molecule has 3 aromatic carbocycles. The second-order valence-corrected chi connectivity index (χ2v) is 7.18. The molecule has 0 bridgehead atoms. The maximum atomic E-state index is 6.38. The molecule has 5 heteroatoms. The quantitative estimate of drug-likeness (QED) is 0.469. The fraction of sp³-hybridized carbons (Fsp3) is 0.143. The molecule has 0 fully saturated rings. The van der Waals surface area contributed by atoms with Gasteiger partial charge in [0.1, 0.15) is 12.4 Å². The van der Waals surface area contributed by atoms with Crippen LogP contribution in [0.1, 0.15) is 16.7 Å². The molecule has 0 saturated heterocycles. The van der Waals surface area contributed by atoms with Gasteiger partial charge in [0.05, 0.1) is 5.02 Å². The highest BCUT2D eigenvalue weighted by Gasteiger charge is 2.12. The van der Waals surface area contributed by atoms with Gasteiger partial charge >= 0.3 is 0 Å². The molecule has 0 atom stereocenters. The summed E-state index contributed by atoms with van der Waals surface area (Å²) in [5, 5.41) is 5.12. The summed E-state index contributed by atoms with van der Waals surface area (Å²) in [4.78, 5) is 0. The first kappa shape index (κ1) is 18.9. The van der Waals surface area contributed by atoms with Crippen molar-refractivity contribution < 1.29 is 4.74 Å². The van der Waals surface area contributed by atoms with Crippen molar-refractivity contribution in [1.29, 1.82) is 0 Å². The van der Waals surface area contributed by atoms with Crippen molar-refractivity contribution in [3.05, 3.63) is 92.4 Å². The van der Waals surface area contributed by atoms with Gasteiger partial charge < -0.3 is 10.1 Å². The molecule has 0 amide bonds. The average Bonchev–Trinajstić information content (AvgIpc) is 2.61. The second kappa shape index (κ2) is 8.68. The molecule has 1 N–H and O–H groups in total. The van der Waals surface area contributed by atoms with Gasteiger partial charge in [0.15, 0.2) is 0 Å². The average molecular weight is 407 g/mol. The number of anilines is 1. The predicted molar refractivity (Wildman–Crippen MR) is 111 cm³/mol. The van der Waals surface area contributed by atoms with E-state index in [4.69, 9.17) is 39.5 Å². The van der Waals surface area contributed by atoms with Gasteiger partial charge in [-0.3, -0.25) is 0 Å². The normalized spacial score (nSPS) is 10.6. The van der Waals surface area contributed by atoms with Gasteiger partial charge in [-0.25, -0.2) is 0 Å². The fourth-order valence-electron chi connectivity index (χ4n) is 2.63. The highest BCUT2D eigenvalue weighted by atomic mass is 35.5. The lowest BCUT2D eigenvalue weighted by molar-refractivity contribution is 0.303. The summed E-state index contributed by atoms with van der Waals surface area (Å²) in [6.45, 7) is 2.93. The third-order valence-corrected chi connectivity index (χ3v) is 4.90. The predicted octanol–water partition coefficient (Wildman–Crippen LogP) is 7.15. The van der Waals surface area contributed by atoms with Crippen LogP contribution in [0.4, 0.5) is 5.69 Å². The van der Waals surface area contributed by atoms with Crippen LogP contribution in [-0.4, -0.2) is 0 Å². The van der Waals surface area contributed by atoms with Gasteiger partial charge in [-0.2, -0.15) is 0 Å². The Bertz CT molecular complexity index is 912. The number of aryl methyl sites for hydroxylation is 1. The highest BCUT2D eigenvalue weighted by Crippen LogP contribution is 2.34. The van der Waals surface area contributed by atoms with Crippen LogP contribution >= 0.6 is 34.8 Å². The van der Waals surface area contributed by atoms with E-state index in [0.717, 1.165) is 16.8 Å². The zero-order valence-electron chi connectivity index (χ0n) is 14.2. The first-order valence-corrected chi connectivity index (χ1v) is 9.31. The minimum atomic E-state index is 0.332. The van der Waals surface area contributed by atoms with Crippen molar-refractivity contribution >= 4 is 40.5 Å². The third-order valence-electron chi connectivity index (χ3n) is 4.03. The first-order chi connectivity index (χ1) is 12.5. The van der Waals surface area contributed by atoms with Crippen molar-refractivity contribution in [2.24, 2.45) is 0 Å². The van der Waals surface area contributed by atoms with Crippen LogP contribution < -0.4 is 10.1 Å². The van der Waals surface area contributed by atoms with Crippen molar-refractivity contribution in [3.8, 4) is 5.75 Å². The van der Waals surface area contributed by atoms with E-state index < -0.39 is 0 Å². The van der Waals surface area contributed by atoms with E-state index in [2.05, 4.69) is 18.3 Å². The summed E-state index contributed by atoms with van der Waals surface area (Å²) >= 11 is 18.8. The molecule has 0 aliphatic heterocycles. The van der Waals surface area contributed by atoms with E-state index in [1.54, 1.807) is 6.07 Å². The number of hydrogen-bond acceptors (Lipinski definition) is 2. The first-order valence-electron chi connectivity index (χ1n) is 8.18. The van der Waals surface area contributed by atoms with Gasteiger partial charge in [0, 0.05) is 33.4 Å². The Morgan fingerprint density at radius 3 is 2.35 bits per heavy atom. The molecule has 134 valence electrons. The maximum absolute atomic E-state index is 6.38. The lowest BCUT2D eigenvalue weighted by Crippen LogP contribution is -2.05. The van der Waals surface area contributed by atoms with Crippen LogP contribution in [-0.2, 0) is 13.2 Å². The van der Waals surface area contributed by atoms with Gasteiger partial charge in [-0.05, 0) is 36.8 Å². The highest BCUT2D eigenvalue weighted by molar-refractivity contribution is 6.35.